The van der Waals surface area contributed by atoms with Crippen molar-refractivity contribution in [1.82, 2.24) is 19.8 Å². The molecule has 4 rings (SSSR count). The maximum atomic E-state index is 5.95. The third kappa shape index (κ3) is 8.44. The Hall–Kier alpha value is -2.12. The summed E-state index contributed by atoms with van der Waals surface area (Å²) in [5.74, 6) is 3.20. The van der Waals surface area contributed by atoms with E-state index in [9.17, 15) is 0 Å². The fourth-order valence-electron chi connectivity index (χ4n) is 6.00. The molecule has 2 aliphatic heterocycles. The number of anilines is 1. The molecule has 0 unspecified atom stereocenters. The third-order valence-corrected chi connectivity index (χ3v) is 8.49. The van der Waals surface area contributed by atoms with E-state index in [0.717, 1.165) is 74.2 Å². The van der Waals surface area contributed by atoms with Crippen LogP contribution in [0.3, 0.4) is 0 Å². The van der Waals surface area contributed by atoms with Crippen LogP contribution in [0, 0.1) is 0 Å². The molecule has 1 saturated carbocycles. The summed E-state index contributed by atoms with van der Waals surface area (Å²) in [6.07, 6.45) is 18.1. The van der Waals surface area contributed by atoms with Gasteiger partial charge in [-0.3, -0.25) is 0 Å². The van der Waals surface area contributed by atoms with E-state index < -0.39 is 0 Å². The van der Waals surface area contributed by atoms with Gasteiger partial charge in [-0.25, -0.2) is 9.97 Å². The van der Waals surface area contributed by atoms with Crippen LogP contribution in [0.4, 0.5) is 5.82 Å². The summed E-state index contributed by atoms with van der Waals surface area (Å²) in [6.45, 7) is 13.1. The van der Waals surface area contributed by atoms with Gasteiger partial charge >= 0.3 is 0 Å². The van der Waals surface area contributed by atoms with Gasteiger partial charge in [-0.05, 0) is 91.0 Å². The number of allylic oxidation sites excluding steroid dienone is 1. The maximum absolute atomic E-state index is 5.95. The first-order valence-electron chi connectivity index (χ1n) is 15.2. The number of nitrogens with zero attached hydrogens (tertiary/aromatic N) is 4. The average Bonchev–Trinajstić information content (AvgIpc) is 3.46. The van der Waals surface area contributed by atoms with Crippen molar-refractivity contribution in [2.45, 2.75) is 103 Å². The summed E-state index contributed by atoms with van der Waals surface area (Å²) in [5.41, 5.74) is 1.91. The molecule has 2 saturated heterocycles. The molecule has 3 heterocycles. The molecule has 1 aromatic heterocycles. The molecule has 3 fully saturated rings. The number of hydrogen-bond acceptors (Lipinski definition) is 7. The summed E-state index contributed by atoms with van der Waals surface area (Å²) >= 11 is 0. The van der Waals surface area contributed by atoms with Crippen LogP contribution in [0.1, 0.15) is 108 Å². The number of ether oxygens (including phenoxy) is 2. The number of rotatable bonds is 12. The van der Waals surface area contributed by atoms with E-state index in [1.165, 1.54) is 58.0 Å². The standard InChI is InChI=1S/C31H51N5O2/c1-24(2)36-19-13-27(14-20-36)32-31-28(23-25(3)37-4)29(33-30(34-31)26-11-6-5-7-12-26)15-22-38-21-10-18-35-16-8-9-17-35/h15,22-24,26-27H,5-14,16-21H2,1-4H3,(H,32,33,34)/b22-15+,25-23+. The summed E-state index contributed by atoms with van der Waals surface area (Å²) in [4.78, 5) is 15.4. The summed E-state index contributed by atoms with van der Waals surface area (Å²) in [7, 11) is 1.72. The van der Waals surface area contributed by atoms with Gasteiger partial charge in [0.1, 0.15) is 11.6 Å². The molecule has 1 N–H and O–H groups in total. The average molecular weight is 526 g/mol. The van der Waals surface area contributed by atoms with Crippen molar-refractivity contribution < 1.29 is 9.47 Å². The van der Waals surface area contributed by atoms with E-state index in [4.69, 9.17) is 19.4 Å². The minimum Gasteiger partial charge on any atom is -0.501 e. The van der Waals surface area contributed by atoms with E-state index in [2.05, 4.69) is 35.0 Å². The highest BCUT2D eigenvalue weighted by Crippen LogP contribution is 2.34. The van der Waals surface area contributed by atoms with Crippen LogP contribution in [0.5, 0.6) is 0 Å². The molecule has 1 aliphatic carbocycles. The Balaban J connectivity index is 1.53. The Kier molecular flexibility index (Phi) is 11.3. The molecule has 0 aromatic carbocycles. The predicted octanol–water partition coefficient (Wildman–Crippen LogP) is 6.29. The second kappa shape index (κ2) is 14.9. The molecule has 212 valence electrons. The monoisotopic (exact) mass is 525 g/mol. The highest BCUT2D eigenvalue weighted by molar-refractivity contribution is 5.72. The Morgan fingerprint density at radius 1 is 1.00 bits per heavy atom. The van der Waals surface area contributed by atoms with Crippen molar-refractivity contribution in [3.05, 3.63) is 29.1 Å². The number of methoxy groups -OCH3 is 1. The molecular formula is C31H51N5O2. The van der Waals surface area contributed by atoms with Gasteiger partial charge in [0.25, 0.3) is 0 Å². The van der Waals surface area contributed by atoms with Gasteiger partial charge in [0, 0.05) is 43.2 Å². The molecule has 0 atom stereocenters. The van der Waals surface area contributed by atoms with E-state index in [0.29, 0.717) is 18.0 Å². The molecule has 0 spiro atoms. The van der Waals surface area contributed by atoms with E-state index in [-0.39, 0.29) is 0 Å². The second-order valence-corrected chi connectivity index (χ2v) is 11.6. The zero-order valence-electron chi connectivity index (χ0n) is 24.4. The Labute approximate surface area is 231 Å². The zero-order valence-corrected chi connectivity index (χ0v) is 24.4. The molecule has 0 bridgehead atoms. The third-order valence-electron chi connectivity index (χ3n) is 8.49. The predicted molar refractivity (Wildman–Crippen MR) is 157 cm³/mol. The number of aromatic nitrogens is 2. The molecule has 38 heavy (non-hydrogen) atoms. The lowest BCUT2D eigenvalue weighted by Crippen LogP contribution is -2.42. The zero-order chi connectivity index (χ0) is 26.7. The lowest BCUT2D eigenvalue weighted by Gasteiger charge is -2.35. The molecule has 7 heteroatoms. The van der Waals surface area contributed by atoms with Crippen LogP contribution in [0.25, 0.3) is 12.2 Å². The fourth-order valence-corrected chi connectivity index (χ4v) is 6.00. The number of hydrogen-bond donors (Lipinski definition) is 1. The minimum absolute atomic E-state index is 0.410. The molecule has 7 nitrogen and oxygen atoms in total. The van der Waals surface area contributed by atoms with Crippen LogP contribution < -0.4 is 5.32 Å². The second-order valence-electron chi connectivity index (χ2n) is 11.6. The van der Waals surface area contributed by atoms with Gasteiger partial charge in [-0.1, -0.05) is 19.3 Å². The van der Waals surface area contributed by atoms with E-state index >= 15 is 0 Å². The topological polar surface area (TPSA) is 62.8 Å². The summed E-state index contributed by atoms with van der Waals surface area (Å²) in [5, 5.41) is 3.84. The van der Waals surface area contributed by atoms with Crippen LogP contribution in [0.15, 0.2) is 12.0 Å². The van der Waals surface area contributed by atoms with Crippen LogP contribution in [-0.4, -0.2) is 78.3 Å². The molecule has 3 aliphatic rings. The number of nitrogens with one attached hydrogen (secondary N) is 1. The van der Waals surface area contributed by atoms with E-state index in [1.54, 1.807) is 7.11 Å². The van der Waals surface area contributed by atoms with Gasteiger partial charge < -0.3 is 24.6 Å². The highest BCUT2D eigenvalue weighted by Gasteiger charge is 2.25. The first kappa shape index (κ1) is 28.9. The summed E-state index contributed by atoms with van der Waals surface area (Å²) in [6, 6.07) is 1.01. The van der Waals surface area contributed by atoms with E-state index in [1.807, 2.05) is 19.3 Å². The fraction of sp³-hybridized carbons (Fsp3) is 0.742. The van der Waals surface area contributed by atoms with Gasteiger partial charge in [0.05, 0.1) is 31.4 Å². The van der Waals surface area contributed by atoms with Crippen molar-refractivity contribution in [1.29, 1.82) is 0 Å². The lowest BCUT2D eigenvalue weighted by molar-refractivity contribution is 0.177. The van der Waals surface area contributed by atoms with Crippen molar-refractivity contribution in [2.75, 3.05) is 51.8 Å². The first-order chi connectivity index (χ1) is 18.5. The van der Waals surface area contributed by atoms with Crippen LogP contribution >= 0.6 is 0 Å². The molecular weight excluding hydrogens is 474 g/mol. The van der Waals surface area contributed by atoms with Gasteiger partial charge in [-0.2, -0.15) is 0 Å². The maximum Gasteiger partial charge on any atom is 0.137 e. The number of piperidine rings is 1. The largest absolute Gasteiger partial charge is 0.501 e. The molecule has 1 aromatic rings. The SMILES string of the molecule is CO/C(C)=C/c1c(/C=C/OCCCN2CCCC2)nc(C2CCCCC2)nc1NC1CCN(C(C)C)CC1. The smallest absolute Gasteiger partial charge is 0.137 e. The van der Waals surface area contributed by atoms with Gasteiger partial charge in [0.2, 0.25) is 0 Å². The van der Waals surface area contributed by atoms with Gasteiger partial charge in [0.15, 0.2) is 0 Å². The Morgan fingerprint density at radius 2 is 1.74 bits per heavy atom. The number of likely N-dealkylation sites (tertiary alicyclic amines) is 2. The van der Waals surface area contributed by atoms with Crippen LogP contribution in [-0.2, 0) is 9.47 Å². The molecule has 0 radical (unpaired) electrons. The van der Waals surface area contributed by atoms with Gasteiger partial charge in [-0.15, -0.1) is 0 Å². The Bertz CT molecular complexity index is 911. The normalized spacial score (nSPS) is 21.0. The van der Waals surface area contributed by atoms with Crippen molar-refractivity contribution in [3.63, 3.8) is 0 Å². The molecule has 0 amide bonds. The first-order valence-corrected chi connectivity index (χ1v) is 15.2. The highest BCUT2D eigenvalue weighted by atomic mass is 16.5. The van der Waals surface area contributed by atoms with Crippen molar-refractivity contribution >= 4 is 18.0 Å². The van der Waals surface area contributed by atoms with Crippen molar-refractivity contribution in [3.8, 4) is 0 Å². The summed E-state index contributed by atoms with van der Waals surface area (Å²) < 4.78 is 11.5. The van der Waals surface area contributed by atoms with Crippen LogP contribution in [0.2, 0.25) is 0 Å². The quantitative estimate of drug-likeness (QED) is 0.254. The lowest BCUT2D eigenvalue weighted by atomic mass is 9.88. The van der Waals surface area contributed by atoms with Crippen molar-refractivity contribution in [2.24, 2.45) is 0 Å². The minimum atomic E-state index is 0.410. The Morgan fingerprint density at radius 3 is 2.42 bits per heavy atom.